The second-order valence-electron chi connectivity index (χ2n) is 5.49. The molecule has 2 rings (SSSR count). The van der Waals surface area contributed by atoms with Crippen molar-refractivity contribution in [1.29, 1.82) is 0 Å². The molecule has 0 aromatic heterocycles. The van der Waals surface area contributed by atoms with Crippen molar-refractivity contribution in [3.8, 4) is 5.75 Å². The standard InChI is InChI=1S/C17H28N4O2/c1-18-17(19-9-4-14-22-2)21-12-10-20(11-13-21)15-5-7-16(23-3)8-6-15/h5-8H,4,9-14H2,1-3H3,(H,18,19). The molecule has 0 aliphatic carbocycles. The molecule has 6 heteroatoms. The second kappa shape index (κ2) is 9.25. The minimum absolute atomic E-state index is 0.773. The Balaban J connectivity index is 1.81. The van der Waals surface area contributed by atoms with Gasteiger partial charge in [0.15, 0.2) is 5.96 Å². The fourth-order valence-corrected chi connectivity index (χ4v) is 2.72. The maximum absolute atomic E-state index is 5.21. The number of nitrogens with zero attached hydrogens (tertiary/aromatic N) is 3. The number of methoxy groups -OCH3 is 2. The molecule has 0 unspecified atom stereocenters. The van der Waals surface area contributed by atoms with Crippen LogP contribution in [0.5, 0.6) is 5.75 Å². The monoisotopic (exact) mass is 320 g/mol. The van der Waals surface area contributed by atoms with Gasteiger partial charge in [-0.3, -0.25) is 4.99 Å². The first-order chi connectivity index (χ1) is 11.3. The van der Waals surface area contributed by atoms with Gasteiger partial charge in [0.25, 0.3) is 0 Å². The van der Waals surface area contributed by atoms with Gasteiger partial charge in [-0.1, -0.05) is 0 Å². The van der Waals surface area contributed by atoms with Gasteiger partial charge in [0.1, 0.15) is 5.75 Å². The maximum Gasteiger partial charge on any atom is 0.193 e. The van der Waals surface area contributed by atoms with Gasteiger partial charge in [0, 0.05) is 59.2 Å². The summed E-state index contributed by atoms with van der Waals surface area (Å²) in [6.07, 6.45) is 0.987. The first kappa shape index (κ1) is 17.4. The van der Waals surface area contributed by atoms with Crippen LogP contribution in [0.2, 0.25) is 0 Å². The Hall–Kier alpha value is -1.95. The lowest BCUT2D eigenvalue weighted by Crippen LogP contribution is -2.52. The van der Waals surface area contributed by atoms with Crippen LogP contribution in [-0.4, -0.2) is 71.5 Å². The summed E-state index contributed by atoms with van der Waals surface area (Å²) in [7, 11) is 5.26. The Morgan fingerprint density at radius 2 is 1.83 bits per heavy atom. The van der Waals surface area contributed by atoms with Gasteiger partial charge in [-0.15, -0.1) is 0 Å². The van der Waals surface area contributed by atoms with Crippen molar-refractivity contribution in [1.82, 2.24) is 10.2 Å². The largest absolute Gasteiger partial charge is 0.497 e. The summed E-state index contributed by atoms with van der Waals surface area (Å²) in [5.74, 6) is 1.88. The quantitative estimate of drug-likeness (QED) is 0.488. The number of ether oxygens (including phenoxy) is 2. The first-order valence-electron chi connectivity index (χ1n) is 8.12. The third-order valence-corrected chi connectivity index (χ3v) is 4.04. The highest BCUT2D eigenvalue weighted by molar-refractivity contribution is 5.80. The fourth-order valence-electron chi connectivity index (χ4n) is 2.72. The Labute approximate surface area is 139 Å². The molecular weight excluding hydrogens is 292 g/mol. The molecule has 0 atom stereocenters. The van der Waals surface area contributed by atoms with E-state index < -0.39 is 0 Å². The van der Waals surface area contributed by atoms with Crippen molar-refractivity contribution < 1.29 is 9.47 Å². The highest BCUT2D eigenvalue weighted by Crippen LogP contribution is 2.20. The molecule has 1 aliphatic rings. The third kappa shape index (κ3) is 5.03. The number of benzene rings is 1. The minimum Gasteiger partial charge on any atom is -0.497 e. The number of nitrogens with one attached hydrogen (secondary N) is 1. The van der Waals surface area contributed by atoms with Crippen molar-refractivity contribution in [2.45, 2.75) is 6.42 Å². The van der Waals surface area contributed by atoms with Crippen LogP contribution in [0.25, 0.3) is 0 Å². The number of guanidine groups is 1. The van der Waals surface area contributed by atoms with Gasteiger partial charge in [-0.25, -0.2) is 0 Å². The molecule has 128 valence electrons. The fraction of sp³-hybridized carbons (Fsp3) is 0.588. The lowest BCUT2D eigenvalue weighted by Gasteiger charge is -2.37. The Kier molecular flexibility index (Phi) is 7.00. The highest BCUT2D eigenvalue weighted by atomic mass is 16.5. The summed E-state index contributed by atoms with van der Waals surface area (Å²) >= 11 is 0. The molecule has 1 fully saturated rings. The van der Waals surface area contributed by atoms with E-state index in [1.807, 2.05) is 19.2 Å². The van der Waals surface area contributed by atoms with Crippen molar-refractivity contribution in [3.05, 3.63) is 24.3 Å². The SMILES string of the molecule is CN=C(NCCCOC)N1CCN(c2ccc(OC)cc2)CC1. The van der Waals surface area contributed by atoms with Crippen molar-refractivity contribution >= 4 is 11.6 Å². The summed E-state index contributed by atoms with van der Waals surface area (Å²) in [6, 6.07) is 8.26. The molecule has 0 saturated carbocycles. The van der Waals surface area contributed by atoms with Crippen LogP contribution in [0.4, 0.5) is 5.69 Å². The number of aliphatic imine (C=N–C) groups is 1. The summed E-state index contributed by atoms with van der Waals surface area (Å²) in [6.45, 7) is 5.58. The summed E-state index contributed by atoms with van der Waals surface area (Å²) in [5.41, 5.74) is 1.24. The molecule has 1 heterocycles. The Morgan fingerprint density at radius 3 is 2.39 bits per heavy atom. The second-order valence-corrected chi connectivity index (χ2v) is 5.49. The predicted molar refractivity (Wildman–Crippen MR) is 94.6 cm³/mol. The normalized spacial score (nSPS) is 15.7. The number of hydrogen-bond donors (Lipinski definition) is 1. The zero-order valence-corrected chi connectivity index (χ0v) is 14.4. The Morgan fingerprint density at radius 1 is 1.13 bits per heavy atom. The molecule has 23 heavy (non-hydrogen) atoms. The molecule has 1 saturated heterocycles. The zero-order valence-electron chi connectivity index (χ0n) is 14.4. The number of hydrogen-bond acceptors (Lipinski definition) is 4. The van der Waals surface area contributed by atoms with Gasteiger partial charge in [0.2, 0.25) is 0 Å². The molecule has 0 amide bonds. The van der Waals surface area contributed by atoms with E-state index in [9.17, 15) is 0 Å². The first-order valence-corrected chi connectivity index (χ1v) is 8.12. The minimum atomic E-state index is 0.773. The molecule has 1 N–H and O–H groups in total. The van der Waals surface area contributed by atoms with Gasteiger partial charge in [-0.2, -0.15) is 0 Å². The van der Waals surface area contributed by atoms with E-state index in [-0.39, 0.29) is 0 Å². The molecular formula is C17H28N4O2. The van der Waals surface area contributed by atoms with Crippen LogP contribution in [0.15, 0.2) is 29.3 Å². The van der Waals surface area contributed by atoms with E-state index in [0.29, 0.717) is 0 Å². The van der Waals surface area contributed by atoms with Crippen LogP contribution in [0.1, 0.15) is 6.42 Å². The zero-order chi connectivity index (χ0) is 16.5. The number of piperazine rings is 1. The highest BCUT2D eigenvalue weighted by Gasteiger charge is 2.19. The van der Waals surface area contributed by atoms with Gasteiger partial charge >= 0.3 is 0 Å². The van der Waals surface area contributed by atoms with Crippen LogP contribution in [-0.2, 0) is 4.74 Å². The summed E-state index contributed by atoms with van der Waals surface area (Å²) < 4.78 is 10.3. The van der Waals surface area contributed by atoms with Gasteiger partial charge in [-0.05, 0) is 30.7 Å². The molecule has 1 aromatic carbocycles. The molecule has 1 aromatic rings. The van der Waals surface area contributed by atoms with Gasteiger partial charge < -0.3 is 24.6 Å². The summed E-state index contributed by atoms with van der Waals surface area (Å²) in [5, 5.41) is 3.40. The smallest absolute Gasteiger partial charge is 0.193 e. The topological polar surface area (TPSA) is 49.3 Å². The van der Waals surface area contributed by atoms with Crippen LogP contribution in [0.3, 0.4) is 0 Å². The van der Waals surface area contributed by atoms with E-state index in [4.69, 9.17) is 9.47 Å². The number of rotatable bonds is 6. The van der Waals surface area contributed by atoms with E-state index >= 15 is 0 Å². The molecule has 6 nitrogen and oxygen atoms in total. The predicted octanol–water partition coefficient (Wildman–Crippen LogP) is 1.43. The number of anilines is 1. The molecule has 1 aliphatic heterocycles. The molecule has 0 spiro atoms. The van der Waals surface area contributed by atoms with Crippen LogP contribution >= 0.6 is 0 Å². The molecule has 0 bridgehead atoms. The van der Waals surface area contributed by atoms with Crippen molar-refractivity contribution in [2.75, 3.05) is 65.5 Å². The Bertz CT molecular complexity index is 482. The van der Waals surface area contributed by atoms with E-state index in [2.05, 4.69) is 32.2 Å². The van der Waals surface area contributed by atoms with Gasteiger partial charge in [0.05, 0.1) is 7.11 Å². The lowest BCUT2D eigenvalue weighted by molar-refractivity contribution is 0.195. The average molecular weight is 320 g/mol. The van der Waals surface area contributed by atoms with E-state index in [1.165, 1.54) is 5.69 Å². The van der Waals surface area contributed by atoms with E-state index in [1.54, 1.807) is 14.2 Å². The maximum atomic E-state index is 5.21. The summed E-state index contributed by atoms with van der Waals surface area (Å²) in [4.78, 5) is 9.09. The van der Waals surface area contributed by atoms with Crippen LogP contribution < -0.4 is 15.0 Å². The van der Waals surface area contributed by atoms with Crippen LogP contribution in [0, 0.1) is 0 Å². The molecule has 0 radical (unpaired) electrons. The average Bonchev–Trinajstić information content (AvgIpc) is 2.62. The lowest BCUT2D eigenvalue weighted by atomic mass is 10.2. The third-order valence-electron chi connectivity index (χ3n) is 4.04. The van der Waals surface area contributed by atoms with Crippen molar-refractivity contribution in [3.63, 3.8) is 0 Å². The van der Waals surface area contributed by atoms with Crippen molar-refractivity contribution in [2.24, 2.45) is 4.99 Å². The van der Waals surface area contributed by atoms with E-state index in [0.717, 1.165) is 57.5 Å².